The highest BCUT2D eigenvalue weighted by atomic mass is 16.7. The summed E-state index contributed by atoms with van der Waals surface area (Å²) in [5.74, 6) is 0. The van der Waals surface area contributed by atoms with Crippen LogP contribution in [0.2, 0.25) is 0 Å². The monoisotopic (exact) mass is 170 g/mol. The van der Waals surface area contributed by atoms with E-state index in [4.69, 9.17) is 4.84 Å². The minimum Gasteiger partial charge on any atom is -0.357 e. The Morgan fingerprint density at radius 2 is 2.08 bits per heavy atom. The van der Waals surface area contributed by atoms with Gasteiger partial charge in [0.25, 0.3) is 0 Å². The molecule has 1 unspecified atom stereocenters. The van der Waals surface area contributed by atoms with E-state index in [0.717, 1.165) is 13.0 Å². The Balaban J connectivity index is 2.44. The largest absolute Gasteiger partial charge is 0.357 e. The lowest BCUT2D eigenvalue weighted by Crippen LogP contribution is -2.36. The van der Waals surface area contributed by atoms with Gasteiger partial charge in [0.2, 0.25) is 0 Å². The molecule has 0 radical (unpaired) electrons. The van der Waals surface area contributed by atoms with Gasteiger partial charge in [-0.2, -0.15) is 0 Å². The lowest BCUT2D eigenvalue weighted by atomic mass is 10.3. The number of nitrogens with zero attached hydrogens (tertiary/aromatic N) is 2. The van der Waals surface area contributed by atoms with Crippen molar-refractivity contribution in [1.29, 1.82) is 0 Å². The molecule has 1 rings (SSSR count). The molecule has 3 heteroatoms. The van der Waals surface area contributed by atoms with Crippen LogP contribution in [0.5, 0.6) is 0 Å². The van der Waals surface area contributed by atoms with Gasteiger partial charge in [0.1, 0.15) is 6.17 Å². The second kappa shape index (κ2) is 4.36. The van der Waals surface area contributed by atoms with Gasteiger partial charge in [0.15, 0.2) is 0 Å². The Hall–Kier alpha value is -0.700. The molecule has 1 aliphatic heterocycles. The minimum atomic E-state index is 0.398. The van der Waals surface area contributed by atoms with E-state index >= 15 is 0 Å². The van der Waals surface area contributed by atoms with E-state index in [1.807, 2.05) is 18.2 Å². The Bertz CT molecular complexity index is 159. The van der Waals surface area contributed by atoms with Crippen LogP contribution >= 0.6 is 0 Å². The van der Waals surface area contributed by atoms with Crippen LogP contribution < -0.4 is 0 Å². The first kappa shape index (κ1) is 9.39. The summed E-state index contributed by atoms with van der Waals surface area (Å²) in [4.78, 5) is 7.62. The van der Waals surface area contributed by atoms with Crippen molar-refractivity contribution in [2.24, 2.45) is 0 Å². The van der Waals surface area contributed by atoms with Gasteiger partial charge in [-0.25, -0.2) is 5.06 Å². The molecule has 70 valence electrons. The number of rotatable bonds is 4. The second-order valence-corrected chi connectivity index (χ2v) is 3.01. The van der Waals surface area contributed by atoms with E-state index in [-0.39, 0.29) is 0 Å². The van der Waals surface area contributed by atoms with E-state index in [1.54, 1.807) is 0 Å². The summed E-state index contributed by atoms with van der Waals surface area (Å²) in [5, 5.41) is 1.93. The third kappa shape index (κ3) is 1.91. The van der Waals surface area contributed by atoms with E-state index in [9.17, 15) is 0 Å². The van der Waals surface area contributed by atoms with Crippen molar-refractivity contribution in [2.75, 3.05) is 13.7 Å². The lowest BCUT2D eigenvalue weighted by Gasteiger charge is -2.28. The summed E-state index contributed by atoms with van der Waals surface area (Å²) in [6.07, 6.45) is 6.76. The van der Waals surface area contributed by atoms with Gasteiger partial charge in [-0.15, -0.1) is 0 Å². The maximum Gasteiger partial charge on any atom is 0.126 e. The molecule has 0 saturated heterocycles. The number of hydrogen-bond donors (Lipinski definition) is 0. The summed E-state index contributed by atoms with van der Waals surface area (Å²) in [5.41, 5.74) is 0. The SMILES string of the molecule is CCCC1N(C)C=CN1OCC. The van der Waals surface area contributed by atoms with E-state index in [1.165, 1.54) is 6.42 Å². The molecule has 1 atom stereocenters. The van der Waals surface area contributed by atoms with Gasteiger partial charge in [0, 0.05) is 19.4 Å². The third-order valence-corrected chi connectivity index (χ3v) is 2.04. The maximum atomic E-state index is 5.44. The molecule has 1 heterocycles. The van der Waals surface area contributed by atoms with Crippen molar-refractivity contribution in [3.05, 3.63) is 12.4 Å². The van der Waals surface area contributed by atoms with Crippen LogP contribution in [-0.4, -0.2) is 29.8 Å². The fraction of sp³-hybridized carbons (Fsp3) is 0.778. The molecule has 1 aliphatic rings. The van der Waals surface area contributed by atoms with E-state index in [0.29, 0.717) is 6.17 Å². The zero-order valence-corrected chi connectivity index (χ0v) is 8.16. The Labute approximate surface area is 74.6 Å². The first-order valence-electron chi connectivity index (χ1n) is 4.61. The third-order valence-electron chi connectivity index (χ3n) is 2.04. The van der Waals surface area contributed by atoms with Crippen LogP contribution in [0.1, 0.15) is 26.7 Å². The van der Waals surface area contributed by atoms with Crippen LogP contribution in [0.25, 0.3) is 0 Å². The van der Waals surface area contributed by atoms with Crippen molar-refractivity contribution in [1.82, 2.24) is 9.96 Å². The molecular formula is C9H18N2O. The maximum absolute atomic E-state index is 5.44. The Kier molecular flexibility index (Phi) is 3.41. The molecule has 0 aromatic heterocycles. The van der Waals surface area contributed by atoms with Crippen LogP contribution in [0.4, 0.5) is 0 Å². The molecule has 0 fully saturated rings. The zero-order valence-electron chi connectivity index (χ0n) is 8.16. The molecule has 0 N–H and O–H groups in total. The van der Waals surface area contributed by atoms with Crippen molar-refractivity contribution in [2.45, 2.75) is 32.9 Å². The van der Waals surface area contributed by atoms with Crippen LogP contribution in [0.15, 0.2) is 12.4 Å². The fourth-order valence-corrected chi connectivity index (χ4v) is 1.42. The highest BCUT2D eigenvalue weighted by molar-refractivity contribution is 4.91. The van der Waals surface area contributed by atoms with Gasteiger partial charge in [-0.1, -0.05) is 13.3 Å². The van der Waals surface area contributed by atoms with Crippen LogP contribution in [-0.2, 0) is 4.84 Å². The van der Waals surface area contributed by atoms with Crippen molar-refractivity contribution >= 4 is 0 Å². The molecule has 0 aromatic carbocycles. The topological polar surface area (TPSA) is 15.7 Å². The van der Waals surface area contributed by atoms with Crippen molar-refractivity contribution in [3.8, 4) is 0 Å². The average molecular weight is 170 g/mol. The normalized spacial score (nSPS) is 22.4. The number of hydroxylamine groups is 2. The fourth-order valence-electron chi connectivity index (χ4n) is 1.42. The van der Waals surface area contributed by atoms with Gasteiger partial charge in [0.05, 0.1) is 6.61 Å². The molecule has 0 aromatic rings. The standard InChI is InChI=1S/C9H18N2O/c1-4-6-9-10(3)7-8-11(9)12-5-2/h7-9H,4-6H2,1-3H3. The Morgan fingerprint density at radius 3 is 2.67 bits per heavy atom. The summed E-state index contributed by atoms with van der Waals surface area (Å²) in [6, 6.07) is 0. The number of hydrogen-bond acceptors (Lipinski definition) is 3. The molecule has 12 heavy (non-hydrogen) atoms. The van der Waals surface area contributed by atoms with Gasteiger partial charge < -0.3 is 4.90 Å². The average Bonchev–Trinajstić information content (AvgIpc) is 2.37. The minimum absolute atomic E-state index is 0.398. The highest BCUT2D eigenvalue weighted by Gasteiger charge is 2.22. The molecular weight excluding hydrogens is 152 g/mol. The quantitative estimate of drug-likeness (QED) is 0.639. The van der Waals surface area contributed by atoms with E-state index in [2.05, 4.69) is 25.1 Å². The van der Waals surface area contributed by atoms with Crippen molar-refractivity contribution < 1.29 is 4.84 Å². The van der Waals surface area contributed by atoms with Crippen LogP contribution in [0, 0.1) is 0 Å². The second-order valence-electron chi connectivity index (χ2n) is 3.01. The van der Waals surface area contributed by atoms with Crippen molar-refractivity contribution in [3.63, 3.8) is 0 Å². The van der Waals surface area contributed by atoms with Gasteiger partial charge in [-0.05, 0) is 13.3 Å². The lowest BCUT2D eigenvalue weighted by molar-refractivity contribution is -0.159. The summed E-state index contributed by atoms with van der Waals surface area (Å²) in [6.45, 7) is 4.93. The molecule has 0 bridgehead atoms. The van der Waals surface area contributed by atoms with Gasteiger partial charge >= 0.3 is 0 Å². The predicted molar refractivity (Wildman–Crippen MR) is 49.1 cm³/mol. The summed E-state index contributed by atoms with van der Waals surface area (Å²) >= 11 is 0. The summed E-state index contributed by atoms with van der Waals surface area (Å²) in [7, 11) is 2.08. The summed E-state index contributed by atoms with van der Waals surface area (Å²) < 4.78 is 0. The predicted octanol–water partition coefficient (Wildman–Crippen LogP) is 1.78. The first-order valence-corrected chi connectivity index (χ1v) is 4.61. The highest BCUT2D eigenvalue weighted by Crippen LogP contribution is 2.18. The molecule has 0 aliphatic carbocycles. The zero-order chi connectivity index (χ0) is 8.97. The van der Waals surface area contributed by atoms with Gasteiger partial charge in [-0.3, -0.25) is 4.84 Å². The molecule has 0 saturated carbocycles. The van der Waals surface area contributed by atoms with Crippen LogP contribution in [0.3, 0.4) is 0 Å². The smallest absolute Gasteiger partial charge is 0.126 e. The molecule has 0 amide bonds. The first-order chi connectivity index (χ1) is 5.79. The van der Waals surface area contributed by atoms with E-state index < -0.39 is 0 Å². The molecule has 3 nitrogen and oxygen atoms in total. The Morgan fingerprint density at radius 1 is 1.33 bits per heavy atom. The molecule has 0 spiro atoms.